The molecule has 17 heavy (non-hydrogen) atoms. The first-order valence-electron chi connectivity index (χ1n) is 5.40. The van der Waals surface area contributed by atoms with Crippen LogP contribution in [0, 0.1) is 0 Å². The van der Waals surface area contributed by atoms with E-state index in [2.05, 4.69) is 15.6 Å². The van der Waals surface area contributed by atoms with E-state index in [4.69, 9.17) is 5.73 Å². The molecule has 96 valence electrons. The summed E-state index contributed by atoms with van der Waals surface area (Å²) >= 11 is 0. The van der Waals surface area contributed by atoms with E-state index in [1.807, 2.05) is 6.92 Å². The summed E-state index contributed by atoms with van der Waals surface area (Å²) in [5, 5.41) is 10.1. The second-order valence-electron chi connectivity index (χ2n) is 3.34. The summed E-state index contributed by atoms with van der Waals surface area (Å²) in [6.07, 6.45) is 1.54. The molecule has 0 spiro atoms. The molecule has 0 aliphatic heterocycles. The van der Waals surface area contributed by atoms with Crippen molar-refractivity contribution >= 4 is 16.7 Å². The largest absolute Gasteiger partial charge is 0.350 e. The summed E-state index contributed by atoms with van der Waals surface area (Å²) in [6, 6.07) is 0. The van der Waals surface area contributed by atoms with E-state index in [9.17, 15) is 9.00 Å². The van der Waals surface area contributed by atoms with E-state index in [0.717, 1.165) is 0 Å². The van der Waals surface area contributed by atoms with Gasteiger partial charge in [0.2, 0.25) is 0 Å². The van der Waals surface area contributed by atoms with Crippen LogP contribution in [0.3, 0.4) is 0 Å². The molecule has 1 aromatic rings. The predicted octanol–water partition coefficient (Wildman–Crippen LogP) is -1.26. The van der Waals surface area contributed by atoms with Gasteiger partial charge in [0.1, 0.15) is 0 Å². The van der Waals surface area contributed by atoms with Gasteiger partial charge in [0, 0.05) is 35.4 Å². The summed E-state index contributed by atoms with van der Waals surface area (Å²) < 4.78 is 12.6. The minimum atomic E-state index is -0.870. The Morgan fingerprint density at radius 2 is 2.41 bits per heavy atom. The molecule has 0 bridgehead atoms. The number of nitrogens with one attached hydrogen (secondary N) is 1. The summed E-state index contributed by atoms with van der Waals surface area (Å²) in [5.41, 5.74) is 5.60. The van der Waals surface area contributed by atoms with Crippen LogP contribution in [-0.4, -0.2) is 49.7 Å². The Morgan fingerprint density at radius 1 is 1.65 bits per heavy atom. The Morgan fingerprint density at radius 3 is 3.06 bits per heavy atom. The second-order valence-corrected chi connectivity index (χ2v) is 5.21. The van der Waals surface area contributed by atoms with Gasteiger partial charge in [-0.3, -0.25) is 13.7 Å². The average molecular weight is 259 g/mol. The van der Waals surface area contributed by atoms with Crippen molar-refractivity contribution in [2.45, 2.75) is 13.5 Å². The quantitative estimate of drug-likeness (QED) is 0.636. The monoisotopic (exact) mass is 259 g/mol. The van der Waals surface area contributed by atoms with Crippen LogP contribution in [0.25, 0.3) is 0 Å². The van der Waals surface area contributed by atoms with E-state index >= 15 is 0 Å². The van der Waals surface area contributed by atoms with E-state index in [1.165, 1.54) is 4.68 Å². The Labute approximate surface area is 102 Å². The number of carbonyl (C=O) groups excluding carboxylic acids is 1. The number of nitrogens with zero attached hydrogens (tertiary/aromatic N) is 3. The molecule has 0 aromatic carbocycles. The van der Waals surface area contributed by atoms with Crippen molar-refractivity contribution in [1.82, 2.24) is 20.3 Å². The molecule has 1 unspecified atom stereocenters. The summed E-state index contributed by atoms with van der Waals surface area (Å²) in [6.45, 7) is 3.19. The standard InChI is InChI=1S/C9H17N5O2S/c1-2-17(16)6-4-11-9(15)8-7-14(5-3-10)13-12-8/h7H,2-6,10H2,1H3,(H,11,15). The van der Waals surface area contributed by atoms with E-state index in [1.54, 1.807) is 6.20 Å². The Balaban J connectivity index is 2.38. The molecule has 3 N–H and O–H groups in total. The van der Waals surface area contributed by atoms with E-state index in [-0.39, 0.29) is 11.6 Å². The van der Waals surface area contributed by atoms with Gasteiger partial charge in [0.05, 0.1) is 12.7 Å². The summed E-state index contributed by atoms with van der Waals surface area (Å²) in [7, 11) is -0.870. The van der Waals surface area contributed by atoms with Crippen LogP contribution in [-0.2, 0) is 17.3 Å². The predicted molar refractivity (Wildman–Crippen MR) is 65.0 cm³/mol. The molecule has 1 atom stereocenters. The molecule has 1 heterocycles. The van der Waals surface area contributed by atoms with Crippen LogP contribution >= 0.6 is 0 Å². The van der Waals surface area contributed by atoms with Crippen molar-refractivity contribution in [3.8, 4) is 0 Å². The number of hydrogen-bond donors (Lipinski definition) is 2. The lowest BCUT2D eigenvalue weighted by Crippen LogP contribution is -2.28. The van der Waals surface area contributed by atoms with Gasteiger partial charge >= 0.3 is 0 Å². The maximum atomic E-state index is 11.6. The molecule has 7 nitrogen and oxygen atoms in total. The highest BCUT2D eigenvalue weighted by Crippen LogP contribution is 1.92. The topological polar surface area (TPSA) is 103 Å². The van der Waals surface area contributed by atoms with Crippen LogP contribution in [0.2, 0.25) is 0 Å². The molecule has 0 fully saturated rings. The number of aromatic nitrogens is 3. The van der Waals surface area contributed by atoms with Crippen LogP contribution in [0.1, 0.15) is 17.4 Å². The van der Waals surface area contributed by atoms with Crippen LogP contribution < -0.4 is 11.1 Å². The first-order valence-corrected chi connectivity index (χ1v) is 6.89. The van der Waals surface area contributed by atoms with Crippen molar-refractivity contribution in [3.05, 3.63) is 11.9 Å². The lowest BCUT2D eigenvalue weighted by Gasteiger charge is -2.01. The molecule has 0 radical (unpaired) electrons. The number of rotatable bonds is 7. The van der Waals surface area contributed by atoms with Crippen LogP contribution in [0.4, 0.5) is 0 Å². The molecule has 0 saturated carbocycles. The lowest BCUT2D eigenvalue weighted by molar-refractivity contribution is 0.0951. The molecule has 8 heteroatoms. The molecular weight excluding hydrogens is 242 g/mol. The zero-order valence-corrected chi connectivity index (χ0v) is 10.6. The average Bonchev–Trinajstić information content (AvgIpc) is 2.78. The number of amides is 1. The first-order chi connectivity index (χ1) is 8.17. The fourth-order valence-electron chi connectivity index (χ4n) is 1.16. The van der Waals surface area contributed by atoms with Crippen molar-refractivity contribution in [2.75, 3.05) is 24.6 Å². The highest BCUT2D eigenvalue weighted by molar-refractivity contribution is 7.84. The minimum absolute atomic E-state index is 0.251. The third kappa shape index (κ3) is 4.61. The molecule has 1 amide bonds. The molecule has 0 aliphatic carbocycles. The lowest BCUT2D eigenvalue weighted by atomic mass is 10.4. The van der Waals surface area contributed by atoms with Crippen molar-refractivity contribution in [3.63, 3.8) is 0 Å². The van der Waals surface area contributed by atoms with Gasteiger partial charge in [-0.25, -0.2) is 0 Å². The van der Waals surface area contributed by atoms with Gasteiger partial charge < -0.3 is 11.1 Å². The fraction of sp³-hybridized carbons (Fsp3) is 0.667. The molecule has 0 saturated heterocycles. The van der Waals surface area contributed by atoms with Gasteiger partial charge in [0.25, 0.3) is 5.91 Å². The molecular formula is C9H17N5O2S. The summed E-state index contributed by atoms with van der Waals surface area (Å²) in [5.74, 6) is 0.753. The van der Waals surface area contributed by atoms with Gasteiger partial charge in [-0.2, -0.15) is 0 Å². The molecule has 1 rings (SSSR count). The van der Waals surface area contributed by atoms with Gasteiger partial charge in [0.15, 0.2) is 5.69 Å². The normalized spacial score (nSPS) is 12.4. The first kappa shape index (κ1) is 13.8. The highest BCUT2D eigenvalue weighted by atomic mass is 32.2. The SMILES string of the molecule is CCS(=O)CCNC(=O)c1cn(CCN)nn1. The maximum absolute atomic E-state index is 11.6. The fourth-order valence-corrected chi connectivity index (χ4v) is 1.78. The second kappa shape index (κ2) is 7.13. The van der Waals surface area contributed by atoms with Gasteiger partial charge in [-0.1, -0.05) is 12.1 Å². The van der Waals surface area contributed by atoms with Gasteiger partial charge in [-0.05, 0) is 0 Å². The highest BCUT2D eigenvalue weighted by Gasteiger charge is 2.10. The van der Waals surface area contributed by atoms with Gasteiger partial charge in [-0.15, -0.1) is 5.10 Å². The number of hydrogen-bond acceptors (Lipinski definition) is 5. The van der Waals surface area contributed by atoms with Crippen molar-refractivity contribution < 1.29 is 9.00 Å². The van der Waals surface area contributed by atoms with Crippen LogP contribution in [0.15, 0.2) is 6.20 Å². The van der Waals surface area contributed by atoms with Crippen LogP contribution in [0.5, 0.6) is 0 Å². The number of carbonyl (C=O) groups is 1. The third-order valence-corrected chi connectivity index (χ3v) is 3.37. The smallest absolute Gasteiger partial charge is 0.273 e. The maximum Gasteiger partial charge on any atom is 0.273 e. The molecule has 0 aliphatic rings. The minimum Gasteiger partial charge on any atom is -0.350 e. The zero-order chi connectivity index (χ0) is 12.7. The van der Waals surface area contributed by atoms with E-state index < -0.39 is 10.8 Å². The molecule has 1 aromatic heterocycles. The third-order valence-electron chi connectivity index (χ3n) is 2.07. The van der Waals surface area contributed by atoms with E-state index in [0.29, 0.717) is 31.1 Å². The zero-order valence-electron chi connectivity index (χ0n) is 9.76. The number of nitrogens with two attached hydrogens (primary N) is 1. The summed E-state index contributed by atoms with van der Waals surface area (Å²) in [4.78, 5) is 11.6. The van der Waals surface area contributed by atoms with Crippen molar-refractivity contribution in [1.29, 1.82) is 0 Å². The Hall–Kier alpha value is -1.28. The Bertz CT molecular complexity index is 392. The Kier molecular flexibility index (Phi) is 5.78. The van der Waals surface area contributed by atoms with Crippen molar-refractivity contribution in [2.24, 2.45) is 5.73 Å².